The van der Waals surface area contributed by atoms with Crippen LogP contribution in [0.1, 0.15) is 52.4 Å². The van der Waals surface area contributed by atoms with Gasteiger partial charge >= 0.3 is 0 Å². The Morgan fingerprint density at radius 1 is 1.27 bits per heavy atom. The van der Waals surface area contributed by atoms with Crippen molar-refractivity contribution in [1.82, 2.24) is 0 Å². The third-order valence-corrected chi connectivity index (χ3v) is 3.18. The van der Waals surface area contributed by atoms with Gasteiger partial charge in [0.2, 0.25) is 5.88 Å². The Kier molecular flexibility index (Phi) is 3.13. The van der Waals surface area contributed by atoms with Crippen LogP contribution in [0.4, 0.5) is 0 Å². The molecule has 0 aromatic rings. The van der Waals surface area contributed by atoms with Gasteiger partial charge in [0, 0.05) is 11.6 Å². The third kappa shape index (κ3) is 3.08. The Labute approximate surface area is 92.4 Å². The summed E-state index contributed by atoms with van der Waals surface area (Å²) in [7, 11) is 0. The lowest BCUT2D eigenvalue weighted by molar-refractivity contribution is 0.0794. The zero-order valence-electron chi connectivity index (χ0n) is 9.83. The lowest BCUT2D eigenvalue weighted by atomic mass is 9.90. The van der Waals surface area contributed by atoms with E-state index in [1.165, 1.54) is 32.1 Å². The summed E-state index contributed by atoms with van der Waals surface area (Å²) < 4.78 is 5.89. The second-order valence-electron chi connectivity index (χ2n) is 5.37. The summed E-state index contributed by atoms with van der Waals surface area (Å²) in [4.78, 5) is 4.39. The van der Waals surface area contributed by atoms with Crippen molar-refractivity contribution in [2.45, 2.75) is 58.5 Å². The maximum Gasteiger partial charge on any atom is 0.209 e. The van der Waals surface area contributed by atoms with Crippen LogP contribution in [-0.2, 0) is 4.74 Å². The van der Waals surface area contributed by atoms with Gasteiger partial charge < -0.3 is 4.74 Å². The van der Waals surface area contributed by atoms with Crippen molar-refractivity contribution in [1.29, 1.82) is 0 Å². The minimum Gasteiger partial charge on any atom is -0.475 e. The molecule has 84 valence electrons. The van der Waals surface area contributed by atoms with E-state index in [2.05, 4.69) is 24.9 Å². The summed E-state index contributed by atoms with van der Waals surface area (Å²) in [5.41, 5.74) is 0.208. The second kappa shape index (κ2) is 4.38. The van der Waals surface area contributed by atoms with Crippen molar-refractivity contribution in [2.24, 2.45) is 10.4 Å². The van der Waals surface area contributed by atoms with Crippen molar-refractivity contribution in [3.8, 4) is 0 Å². The molecule has 2 nitrogen and oxygen atoms in total. The van der Waals surface area contributed by atoms with Gasteiger partial charge in [-0.1, -0.05) is 20.3 Å². The summed E-state index contributed by atoms with van der Waals surface area (Å²) in [5, 5.41) is 0. The topological polar surface area (TPSA) is 21.6 Å². The largest absolute Gasteiger partial charge is 0.475 e. The molecule has 0 aromatic heterocycles. The van der Waals surface area contributed by atoms with Crippen molar-refractivity contribution in [3.63, 3.8) is 0 Å². The zero-order valence-corrected chi connectivity index (χ0v) is 9.83. The predicted octanol–water partition coefficient (Wildman–Crippen LogP) is 3.68. The lowest BCUT2D eigenvalue weighted by Crippen LogP contribution is -2.20. The smallest absolute Gasteiger partial charge is 0.209 e. The van der Waals surface area contributed by atoms with Crippen LogP contribution >= 0.6 is 0 Å². The third-order valence-electron chi connectivity index (χ3n) is 3.18. The average Bonchev–Trinajstić information content (AvgIpc) is 2.23. The molecule has 15 heavy (non-hydrogen) atoms. The van der Waals surface area contributed by atoms with E-state index in [1.54, 1.807) is 0 Å². The van der Waals surface area contributed by atoms with E-state index in [-0.39, 0.29) is 5.41 Å². The summed E-state index contributed by atoms with van der Waals surface area (Å²) in [6.07, 6.45) is 12.0. The molecule has 2 rings (SSSR count). The molecule has 0 spiro atoms. The highest BCUT2D eigenvalue weighted by Gasteiger charge is 2.20. The van der Waals surface area contributed by atoms with Gasteiger partial charge in [0.05, 0.1) is 0 Å². The van der Waals surface area contributed by atoms with Gasteiger partial charge in [0.1, 0.15) is 6.10 Å². The molecule has 0 saturated heterocycles. The lowest BCUT2D eigenvalue weighted by Gasteiger charge is -2.26. The number of hydrogen-bond donors (Lipinski definition) is 0. The number of hydrogen-bond acceptors (Lipinski definition) is 2. The van der Waals surface area contributed by atoms with Crippen molar-refractivity contribution in [2.75, 3.05) is 0 Å². The summed E-state index contributed by atoms with van der Waals surface area (Å²) >= 11 is 0. The Balaban J connectivity index is 1.85. The highest BCUT2D eigenvalue weighted by molar-refractivity contribution is 5.67. The van der Waals surface area contributed by atoms with E-state index in [9.17, 15) is 0 Å². The Morgan fingerprint density at radius 3 is 2.60 bits per heavy atom. The van der Waals surface area contributed by atoms with Gasteiger partial charge in [0.25, 0.3) is 0 Å². The summed E-state index contributed by atoms with van der Waals surface area (Å²) in [5.74, 6) is 0.848. The van der Waals surface area contributed by atoms with Gasteiger partial charge in [-0.25, -0.2) is 4.99 Å². The fourth-order valence-corrected chi connectivity index (χ4v) is 2.13. The highest BCUT2D eigenvalue weighted by atomic mass is 16.5. The standard InChI is InChI=1S/C13H21NO/c1-13(2)9-8-12(14-10-13)15-11-6-4-3-5-7-11/h8,10-11H,3-7,9H2,1-2H3. The molecule has 0 radical (unpaired) electrons. The van der Waals surface area contributed by atoms with Gasteiger partial charge in [-0.3, -0.25) is 0 Å². The maximum absolute atomic E-state index is 5.89. The fraction of sp³-hybridized carbons (Fsp3) is 0.769. The number of ether oxygens (including phenoxy) is 1. The number of nitrogens with zero attached hydrogens (tertiary/aromatic N) is 1. The molecule has 0 amide bonds. The molecule has 2 heteroatoms. The molecular formula is C13H21NO. The predicted molar refractivity (Wildman–Crippen MR) is 62.9 cm³/mol. The molecule has 1 fully saturated rings. The van der Waals surface area contributed by atoms with E-state index in [0.717, 1.165) is 12.3 Å². The Bertz CT molecular complexity index is 272. The van der Waals surface area contributed by atoms with Gasteiger partial charge in [-0.2, -0.15) is 0 Å². The van der Waals surface area contributed by atoms with Crippen molar-refractivity contribution in [3.05, 3.63) is 12.0 Å². The summed E-state index contributed by atoms with van der Waals surface area (Å²) in [6, 6.07) is 0. The molecule has 1 saturated carbocycles. The molecule has 0 bridgehead atoms. The van der Waals surface area contributed by atoms with E-state index >= 15 is 0 Å². The van der Waals surface area contributed by atoms with Crippen LogP contribution in [0.2, 0.25) is 0 Å². The maximum atomic E-state index is 5.89. The molecule has 0 aromatic carbocycles. The monoisotopic (exact) mass is 207 g/mol. The van der Waals surface area contributed by atoms with Gasteiger partial charge in [0.15, 0.2) is 0 Å². The summed E-state index contributed by atoms with van der Waals surface area (Å²) in [6.45, 7) is 4.40. The van der Waals surface area contributed by atoms with Crippen LogP contribution in [0.15, 0.2) is 17.0 Å². The SMILES string of the molecule is CC1(C)C=NC(OC2CCCCC2)=CC1. The van der Waals surface area contributed by atoms with Crippen molar-refractivity contribution >= 4 is 6.21 Å². The Hall–Kier alpha value is -0.790. The minimum atomic E-state index is 0.208. The second-order valence-corrected chi connectivity index (χ2v) is 5.37. The zero-order chi connectivity index (χ0) is 10.7. The Morgan fingerprint density at radius 2 is 2.00 bits per heavy atom. The molecule has 0 N–H and O–H groups in total. The normalized spacial score (nSPS) is 26.1. The average molecular weight is 207 g/mol. The van der Waals surface area contributed by atoms with Crippen LogP contribution in [0.5, 0.6) is 0 Å². The van der Waals surface area contributed by atoms with E-state index < -0.39 is 0 Å². The molecule has 0 atom stereocenters. The highest BCUT2D eigenvalue weighted by Crippen LogP contribution is 2.27. The molecule has 1 aliphatic heterocycles. The van der Waals surface area contributed by atoms with Crippen molar-refractivity contribution < 1.29 is 4.74 Å². The number of aliphatic imine (C=N–C) groups is 1. The van der Waals surface area contributed by atoms with E-state index in [1.807, 2.05) is 6.21 Å². The quantitative estimate of drug-likeness (QED) is 0.677. The molecule has 1 heterocycles. The molecule has 2 aliphatic rings. The van der Waals surface area contributed by atoms with Crippen LogP contribution in [0.25, 0.3) is 0 Å². The van der Waals surface area contributed by atoms with Crippen LogP contribution < -0.4 is 0 Å². The van der Waals surface area contributed by atoms with Crippen LogP contribution in [0.3, 0.4) is 0 Å². The first-order chi connectivity index (χ1) is 7.16. The number of rotatable bonds is 2. The molecule has 0 unspecified atom stereocenters. The van der Waals surface area contributed by atoms with E-state index in [4.69, 9.17) is 4.74 Å². The number of allylic oxidation sites excluding steroid dienone is 1. The first-order valence-corrected chi connectivity index (χ1v) is 6.08. The first-order valence-electron chi connectivity index (χ1n) is 6.08. The van der Waals surface area contributed by atoms with Gasteiger partial charge in [-0.05, 0) is 38.2 Å². The molecule has 1 aliphatic carbocycles. The van der Waals surface area contributed by atoms with Crippen LogP contribution in [-0.4, -0.2) is 12.3 Å². The van der Waals surface area contributed by atoms with E-state index in [0.29, 0.717) is 6.10 Å². The van der Waals surface area contributed by atoms with Gasteiger partial charge in [-0.15, -0.1) is 0 Å². The van der Waals surface area contributed by atoms with Crippen LogP contribution in [0, 0.1) is 5.41 Å². The fourth-order valence-electron chi connectivity index (χ4n) is 2.13. The minimum absolute atomic E-state index is 0.208. The first kappa shape index (κ1) is 10.7. The molecular weight excluding hydrogens is 186 g/mol.